The van der Waals surface area contributed by atoms with E-state index in [1.165, 1.54) is 33.4 Å². The van der Waals surface area contributed by atoms with Gasteiger partial charge in [0.05, 0.1) is 39.8 Å². The number of aliphatic hydroxyl groups excluding tert-OH is 1. The fourth-order valence-corrected chi connectivity index (χ4v) is 6.43. The second kappa shape index (κ2) is 19.2. The molecule has 0 aliphatic carbocycles. The van der Waals surface area contributed by atoms with Gasteiger partial charge in [0.25, 0.3) is 5.91 Å². The maximum absolute atomic E-state index is 13.8. The molecule has 0 fully saturated rings. The zero-order chi connectivity index (χ0) is 36.9. The molecule has 0 saturated heterocycles. The molecular weight excluding hydrogens is 691 g/mol. The smallest absolute Gasteiger partial charge is 0.407 e. The Labute approximate surface area is 306 Å². The standard InChI is InChI=1S/C36H47N7O6S2/c1-23(2)32(40-35(47)42(5)18-27-21-50-34(38-27)24(3)4)33(46)41-43(17-26-11-13-28(44)14-12-26)19-31(45)30(15-25-9-7-6-8-10-25)39-36(48)49-20-29-16-37-22-51-29/h6-14,16,21-24,30-32,44-45H,15,17-20H2,1-5H3,(H,39,48)(H,40,47)(H,41,46)/t30-,31-,32+/m0/s1. The van der Waals surface area contributed by atoms with Crippen LogP contribution in [0.5, 0.6) is 5.75 Å². The number of phenols is 1. The van der Waals surface area contributed by atoms with Crippen molar-refractivity contribution < 1.29 is 29.3 Å². The topological polar surface area (TPSA) is 169 Å². The molecular formula is C36H47N7O6S2. The number of amides is 4. The average Bonchev–Trinajstić information content (AvgIpc) is 3.80. The van der Waals surface area contributed by atoms with Crippen LogP contribution in [0, 0.1) is 5.92 Å². The van der Waals surface area contributed by atoms with Gasteiger partial charge in [-0.15, -0.1) is 22.7 Å². The van der Waals surface area contributed by atoms with Crippen molar-refractivity contribution in [2.45, 2.75) is 77.9 Å². The largest absolute Gasteiger partial charge is 0.508 e. The van der Waals surface area contributed by atoms with Crippen LogP contribution in [0.3, 0.4) is 0 Å². The third kappa shape index (κ3) is 12.6. The summed E-state index contributed by atoms with van der Waals surface area (Å²) < 4.78 is 5.40. The van der Waals surface area contributed by atoms with Gasteiger partial charge in [-0.1, -0.05) is 70.2 Å². The number of aliphatic hydroxyl groups is 1. The summed E-state index contributed by atoms with van der Waals surface area (Å²) >= 11 is 2.91. The van der Waals surface area contributed by atoms with Gasteiger partial charge in [-0.2, -0.15) is 0 Å². The molecule has 0 bridgehead atoms. The molecule has 4 rings (SSSR count). The van der Waals surface area contributed by atoms with E-state index in [4.69, 9.17) is 4.74 Å². The average molecular weight is 738 g/mol. The Morgan fingerprint density at radius 2 is 1.67 bits per heavy atom. The van der Waals surface area contributed by atoms with Gasteiger partial charge in [0.15, 0.2) is 0 Å². The van der Waals surface area contributed by atoms with Crippen LogP contribution in [0.25, 0.3) is 0 Å². The van der Waals surface area contributed by atoms with Gasteiger partial charge < -0.3 is 30.5 Å². The summed E-state index contributed by atoms with van der Waals surface area (Å²) in [5.74, 6) is -0.393. The lowest BCUT2D eigenvalue weighted by Gasteiger charge is -2.32. The summed E-state index contributed by atoms with van der Waals surface area (Å²) in [6, 6.07) is 13.7. The van der Waals surface area contributed by atoms with E-state index >= 15 is 0 Å². The van der Waals surface area contributed by atoms with E-state index in [9.17, 15) is 24.6 Å². The second-order valence-corrected chi connectivity index (χ2v) is 14.8. The molecule has 4 aromatic rings. The minimum Gasteiger partial charge on any atom is -0.508 e. The van der Waals surface area contributed by atoms with Gasteiger partial charge >= 0.3 is 12.1 Å². The van der Waals surface area contributed by atoms with Gasteiger partial charge in [0.1, 0.15) is 18.4 Å². The summed E-state index contributed by atoms with van der Waals surface area (Å²) in [5.41, 5.74) is 6.93. The first-order chi connectivity index (χ1) is 24.4. The maximum Gasteiger partial charge on any atom is 0.407 e. The third-order valence-corrected chi connectivity index (χ3v) is 9.87. The fraction of sp³-hybridized carbons (Fsp3) is 0.417. The number of benzene rings is 2. The number of nitrogens with zero attached hydrogens (tertiary/aromatic N) is 4. The molecule has 2 heterocycles. The Balaban J connectivity index is 1.48. The van der Waals surface area contributed by atoms with Crippen molar-refractivity contribution in [1.29, 1.82) is 0 Å². The van der Waals surface area contributed by atoms with Gasteiger partial charge in [-0.05, 0) is 35.6 Å². The van der Waals surface area contributed by atoms with Crippen LogP contribution in [0.15, 0.2) is 71.7 Å². The molecule has 51 heavy (non-hydrogen) atoms. The minimum absolute atomic E-state index is 0.0357. The highest BCUT2D eigenvalue weighted by Crippen LogP contribution is 2.20. The van der Waals surface area contributed by atoms with Crippen molar-refractivity contribution in [3.63, 3.8) is 0 Å². The lowest BCUT2D eigenvalue weighted by molar-refractivity contribution is -0.130. The number of aromatic hydroxyl groups is 1. The summed E-state index contributed by atoms with van der Waals surface area (Å²) in [4.78, 5) is 50.8. The number of hydrazine groups is 1. The van der Waals surface area contributed by atoms with Crippen LogP contribution in [0.2, 0.25) is 0 Å². The number of carbonyl (C=O) groups is 3. The Morgan fingerprint density at radius 1 is 0.941 bits per heavy atom. The maximum atomic E-state index is 13.8. The number of urea groups is 1. The zero-order valence-corrected chi connectivity index (χ0v) is 31.1. The first kappa shape index (κ1) is 39.2. The van der Waals surface area contributed by atoms with Crippen molar-refractivity contribution in [1.82, 2.24) is 35.9 Å². The van der Waals surface area contributed by atoms with Crippen molar-refractivity contribution >= 4 is 40.7 Å². The number of aromatic nitrogens is 2. The lowest BCUT2D eigenvalue weighted by atomic mass is 10.0. The van der Waals surface area contributed by atoms with E-state index in [-0.39, 0.29) is 50.2 Å². The predicted octanol–water partition coefficient (Wildman–Crippen LogP) is 5.03. The molecule has 0 aliphatic rings. The van der Waals surface area contributed by atoms with Gasteiger partial charge in [-0.3, -0.25) is 15.2 Å². The van der Waals surface area contributed by atoms with Crippen LogP contribution in [-0.2, 0) is 35.6 Å². The highest BCUT2D eigenvalue weighted by atomic mass is 32.1. The van der Waals surface area contributed by atoms with E-state index in [1.807, 2.05) is 49.6 Å². The van der Waals surface area contributed by atoms with E-state index in [2.05, 4.69) is 39.9 Å². The molecule has 0 radical (unpaired) electrons. The first-order valence-electron chi connectivity index (χ1n) is 16.7. The molecule has 3 atom stereocenters. The fourth-order valence-electron chi connectivity index (χ4n) is 5.10. The van der Waals surface area contributed by atoms with Crippen molar-refractivity contribution in [3.05, 3.63) is 98.4 Å². The van der Waals surface area contributed by atoms with Gasteiger partial charge in [0, 0.05) is 37.6 Å². The number of nitrogens with one attached hydrogen (secondary N) is 3. The SMILES string of the molecule is CC(C)c1nc(CN(C)C(=O)N[C@@H](C(=O)NN(Cc2ccc(O)cc2)C[C@H](O)[C@H](Cc2ccccc2)NC(=O)OCc2cncs2)C(C)C)cs1. The molecule has 0 aliphatic heterocycles. The Kier molecular flexibility index (Phi) is 14.7. The molecule has 0 spiro atoms. The van der Waals surface area contributed by atoms with Crippen molar-refractivity contribution in [2.24, 2.45) is 5.92 Å². The molecule has 5 N–H and O–H groups in total. The molecule has 4 amide bonds. The normalized spacial score (nSPS) is 13.1. The Hall–Kier alpha value is -4.57. The summed E-state index contributed by atoms with van der Waals surface area (Å²) in [6.45, 7) is 8.16. The molecule has 274 valence electrons. The summed E-state index contributed by atoms with van der Waals surface area (Å²) in [5, 5.41) is 31.6. The number of thiazole rings is 2. The number of phenolic OH excluding ortho intramolecular Hbond substituents is 1. The van der Waals surface area contributed by atoms with Crippen molar-refractivity contribution in [3.8, 4) is 5.75 Å². The highest BCUT2D eigenvalue weighted by molar-refractivity contribution is 7.09. The van der Waals surface area contributed by atoms with Crippen molar-refractivity contribution in [2.75, 3.05) is 13.6 Å². The van der Waals surface area contributed by atoms with Crippen LogP contribution in [0.4, 0.5) is 9.59 Å². The van der Waals surface area contributed by atoms with E-state index in [0.717, 1.165) is 26.7 Å². The summed E-state index contributed by atoms with van der Waals surface area (Å²) in [6.07, 6.45) is 0.0208. The van der Waals surface area contributed by atoms with Gasteiger partial charge in [-0.25, -0.2) is 19.6 Å². The number of ether oxygens (including phenoxy) is 1. The number of hydrogen-bond donors (Lipinski definition) is 5. The second-order valence-electron chi connectivity index (χ2n) is 12.9. The molecule has 0 saturated carbocycles. The number of alkyl carbamates (subject to hydrolysis) is 1. The van der Waals surface area contributed by atoms with Gasteiger partial charge in [0.2, 0.25) is 0 Å². The monoisotopic (exact) mass is 737 g/mol. The van der Waals surface area contributed by atoms with E-state index in [1.54, 1.807) is 42.2 Å². The Morgan fingerprint density at radius 3 is 2.29 bits per heavy atom. The minimum atomic E-state index is -1.18. The number of hydrogen-bond acceptors (Lipinski definition) is 11. The molecule has 0 unspecified atom stereocenters. The Bertz CT molecular complexity index is 1670. The van der Waals surface area contributed by atoms with Crippen LogP contribution >= 0.6 is 22.7 Å². The van der Waals surface area contributed by atoms with Crippen LogP contribution < -0.4 is 16.1 Å². The summed E-state index contributed by atoms with van der Waals surface area (Å²) in [7, 11) is 1.65. The van der Waals surface area contributed by atoms with Crippen LogP contribution in [0.1, 0.15) is 60.3 Å². The van der Waals surface area contributed by atoms with E-state index < -0.39 is 36.2 Å². The molecule has 13 nitrogen and oxygen atoms in total. The number of rotatable bonds is 17. The quantitative estimate of drug-likeness (QED) is 0.0934. The first-order valence-corrected chi connectivity index (χ1v) is 18.5. The molecule has 2 aromatic heterocycles. The predicted molar refractivity (Wildman–Crippen MR) is 197 cm³/mol. The van der Waals surface area contributed by atoms with Crippen LogP contribution in [-0.4, -0.2) is 79.9 Å². The molecule has 2 aromatic carbocycles. The third-order valence-electron chi connectivity index (χ3n) is 7.92. The zero-order valence-electron chi connectivity index (χ0n) is 29.5. The highest BCUT2D eigenvalue weighted by Gasteiger charge is 2.30. The lowest BCUT2D eigenvalue weighted by Crippen LogP contribution is -2.58. The number of carbonyl (C=O) groups excluding carboxylic acids is 3. The van der Waals surface area contributed by atoms with E-state index in [0.29, 0.717) is 0 Å². The molecule has 15 heteroatoms.